The van der Waals surface area contributed by atoms with E-state index in [9.17, 15) is 19.2 Å². The molecule has 0 aliphatic heterocycles. The topological polar surface area (TPSA) is 139 Å². The first kappa shape index (κ1) is 18.3. The van der Waals surface area contributed by atoms with Crippen molar-refractivity contribution in [2.24, 2.45) is 21.1 Å². The van der Waals surface area contributed by atoms with Crippen LogP contribution >= 0.6 is 0 Å². The number of fused-ring (bicyclic) bond motifs is 2. The Morgan fingerprint density at radius 2 is 1.72 bits per heavy atom. The third kappa shape index (κ3) is 2.90. The molecular formula is C17H16N8O4. The Balaban J connectivity index is 1.64. The summed E-state index contributed by atoms with van der Waals surface area (Å²) in [5, 5.41) is 7.07. The fourth-order valence-electron chi connectivity index (χ4n) is 3.07. The fraction of sp³-hybridized carbons (Fsp3) is 0.235. The lowest BCUT2D eigenvalue weighted by Gasteiger charge is -2.10. The number of aromatic nitrogens is 7. The standard InChI is InChI=1S/C17H16N8O4/c1-22-13-10(15(27)23(2)17(22)29)4-9(5-18-13)21-12(26)7-25-8-19-14-11(16(25)28)6-20-24(14)3/h4-6,8H,7H2,1-3H3,(H,21,26). The number of pyridine rings is 1. The first-order valence-corrected chi connectivity index (χ1v) is 8.50. The first-order valence-electron chi connectivity index (χ1n) is 8.50. The molecule has 1 amide bonds. The molecule has 0 radical (unpaired) electrons. The number of hydrogen-bond acceptors (Lipinski definition) is 7. The molecule has 0 spiro atoms. The molecule has 4 rings (SSSR count). The Hall–Kier alpha value is -4.09. The third-order valence-electron chi connectivity index (χ3n) is 4.61. The minimum Gasteiger partial charge on any atom is -0.323 e. The Kier molecular flexibility index (Phi) is 4.10. The van der Waals surface area contributed by atoms with Crippen molar-refractivity contribution in [2.75, 3.05) is 5.32 Å². The summed E-state index contributed by atoms with van der Waals surface area (Å²) >= 11 is 0. The van der Waals surface area contributed by atoms with E-state index in [-0.39, 0.29) is 23.3 Å². The summed E-state index contributed by atoms with van der Waals surface area (Å²) in [6, 6.07) is 1.44. The first-order chi connectivity index (χ1) is 13.8. The van der Waals surface area contributed by atoms with E-state index in [2.05, 4.69) is 20.4 Å². The Labute approximate surface area is 161 Å². The van der Waals surface area contributed by atoms with Crippen molar-refractivity contribution < 1.29 is 4.79 Å². The van der Waals surface area contributed by atoms with Crippen LogP contribution in [0.3, 0.4) is 0 Å². The number of anilines is 1. The monoisotopic (exact) mass is 396 g/mol. The van der Waals surface area contributed by atoms with E-state index in [1.54, 1.807) is 7.05 Å². The summed E-state index contributed by atoms with van der Waals surface area (Å²) in [6.07, 6.45) is 4.01. The van der Waals surface area contributed by atoms with Crippen LogP contribution in [0.25, 0.3) is 22.1 Å². The van der Waals surface area contributed by atoms with Gasteiger partial charge in [-0.15, -0.1) is 0 Å². The van der Waals surface area contributed by atoms with Crippen molar-refractivity contribution in [1.29, 1.82) is 0 Å². The molecule has 0 aliphatic carbocycles. The molecule has 0 aromatic carbocycles. The summed E-state index contributed by atoms with van der Waals surface area (Å²) in [5.41, 5.74) is -0.510. The molecule has 12 nitrogen and oxygen atoms in total. The molecular weight excluding hydrogens is 380 g/mol. The second kappa shape index (κ2) is 6.51. The summed E-state index contributed by atoms with van der Waals surface area (Å²) < 4.78 is 4.84. The van der Waals surface area contributed by atoms with E-state index in [1.807, 2.05) is 0 Å². The van der Waals surface area contributed by atoms with Gasteiger partial charge in [-0.3, -0.25) is 32.8 Å². The molecule has 4 heterocycles. The molecule has 1 N–H and O–H groups in total. The number of nitrogens with one attached hydrogen (secondary N) is 1. The van der Waals surface area contributed by atoms with E-state index < -0.39 is 22.7 Å². The maximum absolute atomic E-state index is 12.5. The molecule has 4 aromatic heterocycles. The van der Waals surface area contributed by atoms with Gasteiger partial charge in [-0.25, -0.2) is 14.8 Å². The quantitative estimate of drug-likeness (QED) is 0.455. The molecule has 0 bridgehead atoms. The highest BCUT2D eigenvalue weighted by molar-refractivity contribution is 5.92. The van der Waals surface area contributed by atoms with Gasteiger partial charge in [0.2, 0.25) is 5.91 Å². The Morgan fingerprint density at radius 1 is 0.966 bits per heavy atom. The van der Waals surface area contributed by atoms with Gasteiger partial charge in [-0.2, -0.15) is 5.10 Å². The molecule has 29 heavy (non-hydrogen) atoms. The van der Waals surface area contributed by atoms with Crippen molar-refractivity contribution >= 4 is 33.7 Å². The SMILES string of the molecule is Cn1c(=O)c2cc(NC(=O)Cn3cnc4c(cnn4C)c3=O)cnc2n(C)c1=O. The van der Waals surface area contributed by atoms with Crippen molar-refractivity contribution in [3.8, 4) is 0 Å². The van der Waals surface area contributed by atoms with Crippen LogP contribution in [0.2, 0.25) is 0 Å². The maximum Gasteiger partial charge on any atom is 0.332 e. The predicted octanol–water partition coefficient (Wildman–Crippen LogP) is -1.29. The van der Waals surface area contributed by atoms with E-state index in [1.165, 1.54) is 48.1 Å². The fourth-order valence-corrected chi connectivity index (χ4v) is 3.07. The summed E-state index contributed by atoms with van der Waals surface area (Å²) in [6.45, 7) is -0.278. The lowest BCUT2D eigenvalue weighted by molar-refractivity contribution is -0.116. The van der Waals surface area contributed by atoms with E-state index in [0.717, 1.165) is 9.13 Å². The minimum absolute atomic E-state index is 0.183. The maximum atomic E-state index is 12.5. The predicted molar refractivity (Wildman–Crippen MR) is 104 cm³/mol. The van der Waals surface area contributed by atoms with Gasteiger partial charge < -0.3 is 5.32 Å². The second-order valence-electron chi connectivity index (χ2n) is 6.53. The van der Waals surface area contributed by atoms with E-state index in [0.29, 0.717) is 11.0 Å². The summed E-state index contributed by atoms with van der Waals surface area (Å²) in [4.78, 5) is 57.4. The van der Waals surface area contributed by atoms with Crippen LogP contribution in [-0.2, 0) is 32.5 Å². The van der Waals surface area contributed by atoms with Crippen LogP contribution in [-0.4, -0.2) is 39.4 Å². The van der Waals surface area contributed by atoms with Crippen LogP contribution in [0.1, 0.15) is 0 Å². The number of rotatable bonds is 3. The van der Waals surface area contributed by atoms with Crippen LogP contribution in [0.5, 0.6) is 0 Å². The van der Waals surface area contributed by atoms with Gasteiger partial charge in [0.25, 0.3) is 11.1 Å². The van der Waals surface area contributed by atoms with Gasteiger partial charge in [-0.1, -0.05) is 0 Å². The summed E-state index contributed by atoms with van der Waals surface area (Å²) in [5.74, 6) is -0.500. The Bertz CT molecular complexity index is 1470. The normalized spacial score (nSPS) is 11.3. The Morgan fingerprint density at radius 3 is 2.48 bits per heavy atom. The number of nitrogens with zero attached hydrogens (tertiary/aromatic N) is 7. The van der Waals surface area contributed by atoms with Gasteiger partial charge in [-0.05, 0) is 6.07 Å². The average Bonchev–Trinajstić information content (AvgIpc) is 3.08. The van der Waals surface area contributed by atoms with Gasteiger partial charge in [0.1, 0.15) is 23.9 Å². The molecule has 0 atom stereocenters. The van der Waals surface area contributed by atoms with Crippen LogP contribution < -0.4 is 22.1 Å². The molecule has 12 heteroatoms. The molecule has 148 valence electrons. The smallest absolute Gasteiger partial charge is 0.323 e. The highest BCUT2D eigenvalue weighted by Gasteiger charge is 2.13. The number of carbonyl (C=O) groups excluding carboxylic acids is 1. The van der Waals surface area contributed by atoms with Crippen molar-refractivity contribution in [3.63, 3.8) is 0 Å². The van der Waals surface area contributed by atoms with E-state index >= 15 is 0 Å². The second-order valence-corrected chi connectivity index (χ2v) is 6.53. The lowest BCUT2D eigenvalue weighted by Crippen LogP contribution is -2.37. The number of carbonyl (C=O) groups is 1. The number of amides is 1. The molecule has 0 fully saturated rings. The minimum atomic E-state index is -0.519. The zero-order valence-corrected chi connectivity index (χ0v) is 15.8. The molecule has 0 saturated carbocycles. The van der Waals surface area contributed by atoms with Crippen LogP contribution in [0.4, 0.5) is 5.69 Å². The number of aryl methyl sites for hydroxylation is 2. The van der Waals surface area contributed by atoms with Crippen molar-refractivity contribution in [2.45, 2.75) is 6.54 Å². The highest BCUT2D eigenvalue weighted by atomic mass is 16.2. The van der Waals surface area contributed by atoms with E-state index in [4.69, 9.17) is 0 Å². The van der Waals surface area contributed by atoms with Crippen molar-refractivity contribution in [3.05, 3.63) is 56.0 Å². The zero-order valence-electron chi connectivity index (χ0n) is 15.8. The largest absolute Gasteiger partial charge is 0.332 e. The molecule has 0 unspecified atom stereocenters. The molecule has 0 aliphatic rings. The van der Waals surface area contributed by atoms with Crippen LogP contribution in [0, 0.1) is 0 Å². The van der Waals surface area contributed by atoms with Gasteiger partial charge in [0, 0.05) is 21.1 Å². The third-order valence-corrected chi connectivity index (χ3v) is 4.61. The lowest BCUT2D eigenvalue weighted by atomic mass is 10.3. The highest BCUT2D eigenvalue weighted by Crippen LogP contribution is 2.12. The van der Waals surface area contributed by atoms with Gasteiger partial charge in [0.15, 0.2) is 5.65 Å². The van der Waals surface area contributed by atoms with Crippen molar-refractivity contribution in [1.82, 2.24) is 33.4 Å². The zero-order chi connectivity index (χ0) is 20.9. The van der Waals surface area contributed by atoms with Crippen LogP contribution in [0.15, 0.2) is 39.2 Å². The number of hydrogen-bond donors (Lipinski definition) is 1. The van der Waals surface area contributed by atoms with Gasteiger partial charge >= 0.3 is 5.69 Å². The average molecular weight is 396 g/mol. The molecule has 0 saturated heterocycles. The molecule has 4 aromatic rings. The van der Waals surface area contributed by atoms with Gasteiger partial charge in [0.05, 0.1) is 23.5 Å². The summed E-state index contributed by atoms with van der Waals surface area (Å²) in [7, 11) is 4.53.